The summed E-state index contributed by atoms with van der Waals surface area (Å²) < 4.78 is 9.86. The number of hydrogen-bond acceptors (Lipinski definition) is 8. The molecule has 0 radical (unpaired) electrons. The molecule has 0 spiro atoms. The minimum atomic E-state index is -0.307. The lowest BCUT2D eigenvalue weighted by molar-refractivity contribution is 0.102. The van der Waals surface area contributed by atoms with Crippen molar-refractivity contribution < 1.29 is 9.21 Å². The third-order valence-electron chi connectivity index (χ3n) is 4.79. The van der Waals surface area contributed by atoms with Crippen molar-refractivity contribution in [2.24, 2.45) is 0 Å². The van der Waals surface area contributed by atoms with Crippen molar-refractivity contribution in [2.75, 3.05) is 38.5 Å². The summed E-state index contributed by atoms with van der Waals surface area (Å²) in [4.78, 5) is 21.6. The predicted octanol–water partition coefficient (Wildman–Crippen LogP) is 2.67. The van der Waals surface area contributed by atoms with E-state index < -0.39 is 0 Å². The number of nitrogens with one attached hydrogen (secondary N) is 1. The van der Waals surface area contributed by atoms with Gasteiger partial charge in [0, 0.05) is 43.3 Å². The van der Waals surface area contributed by atoms with E-state index in [4.69, 9.17) is 9.68 Å². The van der Waals surface area contributed by atoms with Crippen LogP contribution in [-0.2, 0) is 6.54 Å². The first-order chi connectivity index (χ1) is 14.1. The van der Waals surface area contributed by atoms with Crippen LogP contribution < -0.4 is 5.32 Å². The average molecular weight is 408 g/mol. The van der Waals surface area contributed by atoms with Gasteiger partial charge in [0.1, 0.15) is 12.0 Å². The largest absolute Gasteiger partial charge is 0.464 e. The number of nitrogens with zero attached hydrogens (tertiary/aromatic N) is 5. The van der Waals surface area contributed by atoms with Gasteiger partial charge in [-0.15, -0.1) is 0 Å². The van der Waals surface area contributed by atoms with E-state index in [2.05, 4.69) is 37.6 Å². The maximum Gasteiger partial charge on any atom is 0.260 e. The Morgan fingerprint density at radius 1 is 1.31 bits per heavy atom. The molecule has 9 heteroatoms. The summed E-state index contributed by atoms with van der Waals surface area (Å²) in [5.41, 5.74) is 1.67. The molecule has 1 aliphatic heterocycles. The third kappa shape index (κ3) is 4.68. The van der Waals surface area contributed by atoms with Gasteiger partial charge in [0.15, 0.2) is 5.82 Å². The number of anilines is 1. The quantitative estimate of drug-likeness (QED) is 0.693. The van der Waals surface area contributed by atoms with Crippen LogP contribution in [0.1, 0.15) is 21.7 Å². The van der Waals surface area contributed by atoms with Crippen molar-refractivity contribution in [3.05, 3.63) is 53.5 Å². The van der Waals surface area contributed by atoms with Gasteiger partial charge < -0.3 is 9.32 Å². The summed E-state index contributed by atoms with van der Waals surface area (Å²) >= 11 is 1.17. The van der Waals surface area contributed by atoms with Crippen LogP contribution in [0.25, 0.3) is 11.3 Å². The van der Waals surface area contributed by atoms with Gasteiger partial charge in [-0.3, -0.25) is 15.0 Å². The Hall–Kier alpha value is -3.06. The van der Waals surface area contributed by atoms with Gasteiger partial charge in [0.25, 0.3) is 5.91 Å². The molecule has 1 saturated heterocycles. The van der Waals surface area contributed by atoms with Gasteiger partial charge in [-0.05, 0) is 25.2 Å². The summed E-state index contributed by atoms with van der Waals surface area (Å²) in [6.07, 6.45) is 1.40. The van der Waals surface area contributed by atoms with Crippen molar-refractivity contribution >= 4 is 22.6 Å². The van der Waals surface area contributed by atoms with Gasteiger partial charge in [-0.25, -0.2) is 4.98 Å². The van der Waals surface area contributed by atoms with E-state index in [1.807, 2.05) is 6.07 Å². The van der Waals surface area contributed by atoms with Crippen molar-refractivity contribution in [1.29, 1.82) is 5.26 Å². The standard InChI is InChI=1S/C20H20N6O2S/c1-25-5-7-26(8-6-25)12-18-22-20(29-24-18)23-19(27)16-10-17(28-13-16)15-4-2-3-14(9-15)11-21/h2-4,9-10,13H,5-8,12H2,1H3,(H,22,23,24,27). The van der Waals surface area contributed by atoms with Crippen LogP contribution in [0.5, 0.6) is 0 Å². The highest BCUT2D eigenvalue weighted by molar-refractivity contribution is 7.09. The van der Waals surface area contributed by atoms with Gasteiger partial charge in [0.05, 0.1) is 23.7 Å². The Morgan fingerprint density at radius 2 is 2.14 bits per heavy atom. The number of hydrogen-bond donors (Lipinski definition) is 1. The molecular weight excluding hydrogens is 388 g/mol. The summed E-state index contributed by atoms with van der Waals surface area (Å²) in [6.45, 7) is 4.73. The molecule has 3 heterocycles. The summed E-state index contributed by atoms with van der Waals surface area (Å²) in [5.74, 6) is 0.940. The number of furan rings is 1. The number of nitriles is 1. The number of carbonyl (C=O) groups is 1. The number of aromatic nitrogens is 2. The van der Waals surface area contributed by atoms with E-state index in [0.717, 1.165) is 37.6 Å². The molecule has 1 fully saturated rings. The Kier molecular flexibility index (Phi) is 5.67. The van der Waals surface area contributed by atoms with E-state index in [1.54, 1.807) is 24.3 Å². The fourth-order valence-corrected chi connectivity index (χ4v) is 3.67. The zero-order valence-corrected chi connectivity index (χ0v) is 16.8. The molecular formula is C20H20N6O2S. The predicted molar refractivity (Wildman–Crippen MR) is 109 cm³/mol. The second-order valence-electron chi connectivity index (χ2n) is 6.94. The van der Waals surface area contributed by atoms with E-state index in [9.17, 15) is 4.79 Å². The van der Waals surface area contributed by atoms with Crippen LogP contribution >= 0.6 is 11.5 Å². The smallest absolute Gasteiger partial charge is 0.260 e. The van der Waals surface area contributed by atoms with E-state index in [0.29, 0.717) is 28.6 Å². The van der Waals surface area contributed by atoms with Crippen LogP contribution in [0.2, 0.25) is 0 Å². The van der Waals surface area contributed by atoms with Crippen LogP contribution in [-0.4, -0.2) is 58.3 Å². The van der Waals surface area contributed by atoms with Crippen molar-refractivity contribution in [3.8, 4) is 17.4 Å². The molecule has 148 valence electrons. The van der Waals surface area contributed by atoms with E-state index in [1.165, 1.54) is 17.8 Å². The SMILES string of the molecule is CN1CCN(Cc2nsc(NC(=O)c3coc(-c4cccc(C#N)c4)c3)n2)CC1. The fraction of sp³-hybridized carbons (Fsp3) is 0.300. The maximum atomic E-state index is 12.5. The lowest BCUT2D eigenvalue weighted by Crippen LogP contribution is -2.44. The average Bonchev–Trinajstić information content (AvgIpc) is 3.40. The molecule has 29 heavy (non-hydrogen) atoms. The lowest BCUT2D eigenvalue weighted by atomic mass is 10.1. The minimum absolute atomic E-state index is 0.307. The first-order valence-corrected chi connectivity index (χ1v) is 10.0. The highest BCUT2D eigenvalue weighted by Gasteiger charge is 2.18. The normalized spacial score (nSPS) is 15.2. The lowest BCUT2D eigenvalue weighted by Gasteiger charge is -2.31. The summed E-state index contributed by atoms with van der Waals surface area (Å²) in [5, 5.41) is 12.3. The number of rotatable bonds is 5. The zero-order chi connectivity index (χ0) is 20.2. The van der Waals surface area contributed by atoms with Crippen LogP contribution in [0.4, 0.5) is 5.13 Å². The number of likely N-dealkylation sites (N-methyl/N-ethyl adjacent to an activating group) is 1. The molecule has 0 atom stereocenters. The van der Waals surface area contributed by atoms with Crippen LogP contribution in [0.3, 0.4) is 0 Å². The molecule has 1 aromatic carbocycles. The first kappa shape index (κ1) is 19.3. The number of carbonyl (C=O) groups excluding carboxylic acids is 1. The molecule has 0 unspecified atom stereocenters. The summed E-state index contributed by atoms with van der Waals surface area (Å²) in [6, 6.07) is 10.8. The van der Waals surface area contributed by atoms with Crippen molar-refractivity contribution in [1.82, 2.24) is 19.2 Å². The van der Waals surface area contributed by atoms with Crippen molar-refractivity contribution in [2.45, 2.75) is 6.54 Å². The third-order valence-corrected chi connectivity index (χ3v) is 5.46. The highest BCUT2D eigenvalue weighted by Crippen LogP contribution is 2.24. The van der Waals surface area contributed by atoms with E-state index in [-0.39, 0.29) is 5.91 Å². The Labute approximate surface area is 172 Å². The van der Waals surface area contributed by atoms with Gasteiger partial charge >= 0.3 is 0 Å². The van der Waals surface area contributed by atoms with Crippen LogP contribution in [0.15, 0.2) is 41.0 Å². The molecule has 3 aromatic rings. The maximum absolute atomic E-state index is 12.5. The molecule has 0 aliphatic carbocycles. The molecule has 2 aromatic heterocycles. The second kappa shape index (κ2) is 8.53. The molecule has 4 rings (SSSR count). The Balaban J connectivity index is 1.38. The van der Waals surface area contributed by atoms with Crippen LogP contribution in [0, 0.1) is 11.3 Å². The monoisotopic (exact) mass is 408 g/mol. The number of amides is 1. The Morgan fingerprint density at radius 3 is 2.93 bits per heavy atom. The Bertz CT molecular complexity index is 1050. The zero-order valence-electron chi connectivity index (χ0n) is 16.0. The fourth-order valence-electron chi connectivity index (χ4n) is 3.09. The minimum Gasteiger partial charge on any atom is -0.464 e. The molecule has 8 nitrogen and oxygen atoms in total. The molecule has 0 saturated carbocycles. The second-order valence-corrected chi connectivity index (χ2v) is 7.69. The van der Waals surface area contributed by atoms with E-state index >= 15 is 0 Å². The van der Waals surface area contributed by atoms with Gasteiger partial charge in [-0.1, -0.05) is 12.1 Å². The number of benzene rings is 1. The molecule has 1 amide bonds. The molecule has 1 N–H and O–H groups in total. The molecule has 1 aliphatic rings. The first-order valence-electron chi connectivity index (χ1n) is 9.24. The topological polar surface area (TPSA) is 98.3 Å². The highest BCUT2D eigenvalue weighted by atomic mass is 32.1. The summed E-state index contributed by atoms with van der Waals surface area (Å²) in [7, 11) is 2.12. The van der Waals surface area contributed by atoms with Gasteiger partial charge in [-0.2, -0.15) is 9.64 Å². The van der Waals surface area contributed by atoms with Crippen molar-refractivity contribution in [3.63, 3.8) is 0 Å². The van der Waals surface area contributed by atoms with Gasteiger partial charge in [0.2, 0.25) is 5.13 Å². The molecule has 0 bridgehead atoms. The number of piperazine rings is 1.